The second-order valence-corrected chi connectivity index (χ2v) is 10.4. The molecule has 1 saturated heterocycles. The smallest absolute Gasteiger partial charge is 0.242 e. The Bertz CT molecular complexity index is 850. The number of ether oxygens (including phenoxy) is 1. The monoisotopic (exact) mass is 437 g/mol. The first kappa shape index (κ1) is 22.4. The second kappa shape index (κ2) is 9.68. The molecule has 2 aliphatic rings. The van der Waals surface area contributed by atoms with E-state index in [1.807, 2.05) is 21.9 Å². The van der Waals surface area contributed by atoms with Crippen LogP contribution < -0.4 is 15.4 Å². The molecular weight excluding hydrogens is 406 g/mol. The number of amides is 2. The van der Waals surface area contributed by atoms with Gasteiger partial charge in [-0.25, -0.2) is 8.42 Å². The van der Waals surface area contributed by atoms with E-state index in [9.17, 15) is 18.0 Å². The number of rotatable bonds is 9. The lowest BCUT2D eigenvalue weighted by Gasteiger charge is -2.36. The van der Waals surface area contributed by atoms with E-state index in [1.165, 1.54) is 0 Å². The molecule has 0 spiro atoms. The summed E-state index contributed by atoms with van der Waals surface area (Å²) in [7, 11) is -1.51. The predicted molar refractivity (Wildman–Crippen MR) is 115 cm³/mol. The molecule has 166 valence electrons. The SMILES string of the molecule is COc1ccc(N(CCC(N)=O)CC(=O)N(C2CCCC2)[C@@H]2CCS(=O)(=O)C2)cc1. The van der Waals surface area contributed by atoms with Crippen molar-refractivity contribution in [3.8, 4) is 5.75 Å². The van der Waals surface area contributed by atoms with Gasteiger partial charge in [-0.1, -0.05) is 12.8 Å². The summed E-state index contributed by atoms with van der Waals surface area (Å²) in [5, 5.41) is 0. The summed E-state index contributed by atoms with van der Waals surface area (Å²) in [5.41, 5.74) is 6.12. The van der Waals surface area contributed by atoms with Gasteiger partial charge in [-0.05, 0) is 43.5 Å². The summed E-state index contributed by atoms with van der Waals surface area (Å²) in [4.78, 5) is 28.4. The Morgan fingerprint density at radius 2 is 1.77 bits per heavy atom. The Labute approximate surface area is 178 Å². The van der Waals surface area contributed by atoms with Crippen LogP contribution in [0.25, 0.3) is 0 Å². The van der Waals surface area contributed by atoms with E-state index in [0.717, 1.165) is 31.4 Å². The molecule has 1 aliphatic carbocycles. The van der Waals surface area contributed by atoms with Crippen LogP contribution in [0.15, 0.2) is 24.3 Å². The van der Waals surface area contributed by atoms with Gasteiger partial charge in [0.1, 0.15) is 5.75 Å². The maximum Gasteiger partial charge on any atom is 0.242 e. The molecule has 0 bridgehead atoms. The highest BCUT2D eigenvalue weighted by atomic mass is 32.2. The van der Waals surface area contributed by atoms with Crippen molar-refractivity contribution in [2.45, 2.75) is 50.6 Å². The van der Waals surface area contributed by atoms with Gasteiger partial charge >= 0.3 is 0 Å². The van der Waals surface area contributed by atoms with Gasteiger partial charge in [-0.15, -0.1) is 0 Å². The van der Waals surface area contributed by atoms with E-state index in [4.69, 9.17) is 10.5 Å². The third-order valence-electron chi connectivity index (χ3n) is 6.00. The summed E-state index contributed by atoms with van der Waals surface area (Å²) in [5.74, 6) is 0.348. The van der Waals surface area contributed by atoms with Crippen molar-refractivity contribution >= 4 is 27.3 Å². The minimum absolute atomic E-state index is 0.0407. The molecule has 1 heterocycles. The molecule has 0 aromatic heterocycles. The molecule has 1 aromatic rings. The standard InChI is InChI=1S/C21H31N3O5S/c1-29-19-8-6-16(7-9-19)23(12-10-20(22)25)14-21(26)24(17-4-2-3-5-17)18-11-13-30(27,28)15-18/h6-9,17-18H,2-5,10-15H2,1H3,(H2,22,25)/t18-/m1/s1. The molecule has 0 radical (unpaired) electrons. The summed E-state index contributed by atoms with van der Waals surface area (Å²) in [6.07, 6.45) is 4.54. The van der Waals surface area contributed by atoms with E-state index < -0.39 is 15.7 Å². The molecule has 2 fully saturated rings. The first-order valence-corrected chi connectivity index (χ1v) is 12.3. The van der Waals surface area contributed by atoms with E-state index in [1.54, 1.807) is 19.2 Å². The highest BCUT2D eigenvalue weighted by Crippen LogP contribution is 2.30. The van der Waals surface area contributed by atoms with Crippen molar-refractivity contribution in [2.75, 3.05) is 36.6 Å². The first-order valence-electron chi connectivity index (χ1n) is 10.5. The van der Waals surface area contributed by atoms with Crippen LogP contribution in [0.5, 0.6) is 5.75 Å². The number of carbonyl (C=O) groups is 2. The van der Waals surface area contributed by atoms with Crippen LogP contribution in [0.4, 0.5) is 5.69 Å². The Morgan fingerprint density at radius 1 is 1.10 bits per heavy atom. The third kappa shape index (κ3) is 5.65. The number of hydrogen-bond acceptors (Lipinski definition) is 6. The molecule has 2 N–H and O–H groups in total. The lowest BCUT2D eigenvalue weighted by Crippen LogP contribution is -2.51. The molecule has 8 nitrogen and oxygen atoms in total. The average molecular weight is 438 g/mol. The van der Waals surface area contributed by atoms with Crippen molar-refractivity contribution in [1.82, 2.24) is 4.90 Å². The summed E-state index contributed by atoms with van der Waals surface area (Å²) >= 11 is 0. The van der Waals surface area contributed by atoms with Crippen LogP contribution in [0.3, 0.4) is 0 Å². The molecule has 1 atom stereocenters. The minimum atomic E-state index is -3.10. The lowest BCUT2D eigenvalue weighted by molar-refractivity contribution is -0.134. The van der Waals surface area contributed by atoms with Crippen molar-refractivity contribution in [2.24, 2.45) is 5.73 Å². The first-order chi connectivity index (χ1) is 14.3. The number of sulfone groups is 1. The predicted octanol–water partition coefficient (Wildman–Crippen LogP) is 1.34. The van der Waals surface area contributed by atoms with E-state index >= 15 is 0 Å². The van der Waals surface area contributed by atoms with Crippen LogP contribution in [0.2, 0.25) is 0 Å². The Balaban J connectivity index is 1.80. The lowest BCUT2D eigenvalue weighted by atomic mass is 10.1. The Hall–Kier alpha value is -2.29. The summed E-state index contributed by atoms with van der Waals surface area (Å²) in [6, 6.07) is 7.11. The number of primary amides is 1. The summed E-state index contributed by atoms with van der Waals surface area (Å²) < 4.78 is 29.3. The highest BCUT2D eigenvalue weighted by Gasteiger charge is 2.39. The fourth-order valence-electron chi connectivity index (χ4n) is 4.47. The number of methoxy groups -OCH3 is 1. The molecule has 2 amide bonds. The molecule has 0 unspecified atom stereocenters. The molecule has 9 heteroatoms. The van der Waals surface area contributed by atoms with Gasteiger partial charge in [0.05, 0.1) is 25.2 Å². The van der Waals surface area contributed by atoms with E-state index in [0.29, 0.717) is 18.7 Å². The zero-order valence-electron chi connectivity index (χ0n) is 17.5. The van der Waals surface area contributed by atoms with Gasteiger partial charge in [0, 0.05) is 30.7 Å². The van der Waals surface area contributed by atoms with Gasteiger partial charge in [0.15, 0.2) is 9.84 Å². The average Bonchev–Trinajstić information content (AvgIpc) is 3.35. The van der Waals surface area contributed by atoms with E-state index in [-0.39, 0.29) is 42.5 Å². The minimum Gasteiger partial charge on any atom is -0.497 e. The molecule has 1 aromatic carbocycles. The van der Waals surface area contributed by atoms with Crippen LogP contribution in [-0.2, 0) is 19.4 Å². The number of benzene rings is 1. The highest BCUT2D eigenvalue weighted by molar-refractivity contribution is 7.91. The number of hydrogen-bond donors (Lipinski definition) is 1. The quantitative estimate of drug-likeness (QED) is 0.624. The van der Waals surface area contributed by atoms with Crippen molar-refractivity contribution in [3.05, 3.63) is 24.3 Å². The van der Waals surface area contributed by atoms with Gasteiger partial charge in [0.25, 0.3) is 0 Å². The van der Waals surface area contributed by atoms with E-state index in [2.05, 4.69) is 0 Å². The zero-order chi connectivity index (χ0) is 21.7. The fourth-order valence-corrected chi connectivity index (χ4v) is 6.18. The molecular formula is C21H31N3O5S. The summed E-state index contributed by atoms with van der Waals surface area (Å²) in [6.45, 7) is 0.390. The van der Waals surface area contributed by atoms with Crippen LogP contribution in [0.1, 0.15) is 38.5 Å². The third-order valence-corrected chi connectivity index (χ3v) is 7.75. The number of carbonyl (C=O) groups excluding carboxylic acids is 2. The van der Waals surface area contributed by atoms with Gasteiger partial charge in [0.2, 0.25) is 11.8 Å². The molecule has 1 aliphatic heterocycles. The largest absolute Gasteiger partial charge is 0.497 e. The number of nitrogens with zero attached hydrogens (tertiary/aromatic N) is 2. The van der Waals surface area contributed by atoms with Crippen LogP contribution in [0, 0.1) is 0 Å². The van der Waals surface area contributed by atoms with Gasteiger partial charge in [-0.3, -0.25) is 9.59 Å². The van der Waals surface area contributed by atoms with Gasteiger partial charge in [-0.2, -0.15) is 0 Å². The number of anilines is 1. The normalized spacial score (nSPS) is 20.8. The van der Waals surface area contributed by atoms with Crippen molar-refractivity contribution in [3.63, 3.8) is 0 Å². The zero-order valence-corrected chi connectivity index (χ0v) is 18.3. The second-order valence-electron chi connectivity index (χ2n) is 8.13. The van der Waals surface area contributed by atoms with Crippen LogP contribution >= 0.6 is 0 Å². The molecule has 3 rings (SSSR count). The number of nitrogens with two attached hydrogens (primary N) is 1. The van der Waals surface area contributed by atoms with Gasteiger partial charge < -0.3 is 20.3 Å². The maximum atomic E-state index is 13.4. The van der Waals surface area contributed by atoms with Crippen LogP contribution in [-0.4, -0.2) is 68.9 Å². The Morgan fingerprint density at radius 3 is 2.30 bits per heavy atom. The topological polar surface area (TPSA) is 110 Å². The molecule has 30 heavy (non-hydrogen) atoms. The molecule has 1 saturated carbocycles. The van der Waals surface area contributed by atoms with Crippen molar-refractivity contribution in [1.29, 1.82) is 0 Å². The Kier molecular flexibility index (Phi) is 7.23. The van der Waals surface area contributed by atoms with Crippen molar-refractivity contribution < 1.29 is 22.7 Å². The fraction of sp³-hybridized carbons (Fsp3) is 0.619. The maximum absolute atomic E-state index is 13.4.